The highest BCUT2D eigenvalue weighted by molar-refractivity contribution is 5.61. The van der Waals surface area contributed by atoms with Gasteiger partial charge in [0.2, 0.25) is 0 Å². The van der Waals surface area contributed by atoms with E-state index < -0.39 is 0 Å². The van der Waals surface area contributed by atoms with Crippen LogP contribution in [0.25, 0.3) is 11.3 Å². The molecule has 2 aromatic rings. The van der Waals surface area contributed by atoms with Crippen molar-refractivity contribution in [1.82, 2.24) is 20.5 Å². The highest BCUT2D eigenvalue weighted by Gasteiger charge is 2.14. The molecule has 0 aliphatic carbocycles. The molecule has 4 nitrogen and oxygen atoms in total. The van der Waals surface area contributed by atoms with Crippen molar-refractivity contribution in [2.75, 3.05) is 0 Å². The largest absolute Gasteiger partial charge is 0.297 e. The van der Waals surface area contributed by atoms with Crippen molar-refractivity contribution < 1.29 is 0 Å². The molecule has 0 unspecified atom stereocenters. The number of pyridine rings is 1. The third kappa shape index (κ3) is 2.76. The summed E-state index contributed by atoms with van der Waals surface area (Å²) in [5.41, 5.74) is 2.74. The maximum atomic E-state index is 5.45. The predicted octanol–water partition coefficient (Wildman–Crippen LogP) is 1.97. The normalized spacial score (nSPS) is 11.2. The topological polar surface area (TPSA) is 53.6 Å². The summed E-state index contributed by atoms with van der Waals surface area (Å²) in [5, 5.41) is 10.4. The van der Waals surface area contributed by atoms with E-state index in [1.54, 1.807) is 6.20 Å². The van der Waals surface area contributed by atoms with Crippen molar-refractivity contribution in [3.63, 3.8) is 0 Å². The molecule has 0 atom stereocenters. The first-order chi connectivity index (χ1) is 8.62. The maximum absolute atomic E-state index is 5.45. The van der Waals surface area contributed by atoms with Crippen molar-refractivity contribution in [3.05, 3.63) is 36.3 Å². The summed E-state index contributed by atoms with van der Waals surface area (Å²) < 4.78 is 0. The van der Waals surface area contributed by atoms with Crippen LogP contribution in [0.3, 0.4) is 0 Å². The van der Waals surface area contributed by atoms with Crippen molar-refractivity contribution in [2.45, 2.75) is 25.9 Å². The minimum Gasteiger partial charge on any atom is -0.297 e. The molecule has 0 saturated heterocycles. The Morgan fingerprint density at radius 3 is 2.94 bits per heavy atom. The number of aromatic amines is 1. The lowest BCUT2D eigenvalue weighted by Gasteiger charge is -2.19. The highest BCUT2D eigenvalue weighted by Crippen LogP contribution is 2.20. The van der Waals surface area contributed by atoms with Crippen LogP contribution in [-0.4, -0.2) is 20.7 Å². The number of hydrogen-bond donors (Lipinski definition) is 2. The molecule has 0 aromatic carbocycles. The van der Waals surface area contributed by atoms with Gasteiger partial charge in [-0.25, -0.2) is 0 Å². The van der Waals surface area contributed by atoms with Crippen LogP contribution in [0.15, 0.2) is 30.7 Å². The zero-order valence-electron chi connectivity index (χ0n) is 10.6. The number of nitrogens with zero attached hydrogens (tertiary/aromatic N) is 2. The molecule has 0 bridgehead atoms. The van der Waals surface area contributed by atoms with Gasteiger partial charge in [0.05, 0.1) is 17.4 Å². The minimum absolute atomic E-state index is 0.330. The second kappa shape index (κ2) is 5.03. The molecule has 0 amide bonds. The monoisotopic (exact) mass is 240 g/mol. The number of hydrogen-bond acceptors (Lipinski definition) is 3. The maximum Gasteiger partial charge on any atom is 0.0743 e. The summed E-state index contributed by atoms with van der Waals surface area (Å²) >= 11 is 0. The summed E-state index contributed by atoms with van der Waals surface area (Å²) in [5.74, 6) is 2.71. The van der Waals surface area contributed by atoms with E-state index in [9.17, 15) is 0 Å². The van der Waals surface area contributed by atoms with Crippen LogP contribution in [0.2, 0.25) is 0 Å². The fourth-order valence-corrected chi connectivity index (χ4v) is 1.57. The predicted molar refractivity (Wildman–Crippen MR) is 71.6 cm³/mol. The van der Waals surface area contributed by atoms with E-state index >= 15 is 0 Å². The Labute approximate surface area is 107 Å². The Balaban J connectivity index is 2.17. The van der Waals surface area contributed by atoms with Crippen molar-refractivity contribution in [2.24, 2.45) is 0 Å². The van der Waals surface area contributed by atoms with Crippen LogP contribution in [0.1, 0.15) is 19.4 Å². The van der Waals surface area contributed by atoms with Crippen LogP contribution in [0.4, 0.5) is 0 Å². The zero-order valence-corrected chi connectivity index (χ0v) is 10.6. The first-order valence-electron chi connectivity index (χ1n) is 5.78. The number of H-pyrrole nitrogens is 1. The van der Waals surface area contributed by atoms with Crippen LogP contribution in [0.5, 0.6) is 0 Å². The number of aromatic nitrogens is 3. The Hall–Kier alpha value is -2.12. The molecule has 2 rings (SSSR count). The summed E-state index contributed by atoms with van der Waals surface area (Å²) in [6.07, 6.45) is 10.8. The molecule has 0 saturated carbocycles. The summed E-state index contributed by atoms with van der Waals surface area (Å²) in [7, 11) is 0. The SMILES string of the molecule is C#CC(C)(C)NCc1cn[nH]c1-c1cccnc1. The van der Waals surface area contributed by atoms with Crippen molar-refractivity contribution in [3.8, 4) is 23.6 Å². The van der Waals surface area contributed by atoms with Gasteiger partial charge in [0, 0.05) is 30.1 Å². The molecular formula is C14H16N4. The smallest absolute Gasteiger partial charge is 0.0743 e. The van der Waals surface area contributed by atoms with Gasteiger partial charge in [0.1, 0.15) is 0 Å². The highest BCUT2D eigenvalue weighted by atomic mass is 15.1. The van der Waals surface area contributed by atoms with Gasteiger partial charge in [-0.05, 0) is 26.0 Å². The Morgan fingerprint density at radius 2 is 2.28 bits per heavy atom. The molecular weight excluding hydrogens is 224 g/mol. The summed E-state index contributed by atoms with van der Waals surface area (Å²) in [4.78, 5) is 4.11. The molecule has 2 aromatic heterocycles. The van der Waals surface area contributed by atoms with Gasteiger partial charge in [-0.15, -0.1) is 6.42 Å². The fourth-order valence-electron chi connectivity index (χ4n) is 1.57. The number of terminal acetylenes is 1. The second-order valence-corrected chi connectivity index (χ2v) is 4.63. The molecule has 0 aliphatic heterocycles. The Kier molecular flexibility index (Phi) is 3.45. The Bertz CT molecular complexity index is 549. The van der Waals surface area contributed by atoms with Crippen LogP contribution in [0, 0.1) is 12.3 Å². The average Bonchev–Trinajstić information content (AvgIpc) is 2.86. The van der Waals surface area contributed by atoms with Gasteiger partial charge >= 0.3 is 0 Å². The first kappa shape index (κ1) is 12.3. The van der Waals surface area contributed by atoms with Gasteiger partial charge < -0.3 is 0 Å². The van der Waals surface area contributed by atoms with E-state index in [1.165, 1.54) is 0 Å². The second-order valence-electron chi connectivity index (χ2n) is 4.63. The third-order valence-corrected chi connectivity index (χ3v) is 2.75. The summed E-state index contributed by atoms with van der Waals surface area (Å²) in [6, 6.07) is 3.90. The molecule has 0 radical (unpaired) electrons. The molecule has 0 fully saturated rings. The minimum atomic E-state index is -0.330. The molecule has 2 heterocycles. The molecule has 4 heteroatoms. The number of nitrogens with one attached hydrogen (secondary N) is 2. The lowest BCUT2D eigenvalue weighted by Crippen LogP contribution is -2.36. The summed E-state index contributed by atoms with van der Waals surface area (Å²) in [6.45, 7) is 4.60. The molecule has 92 valence electrons. The standard InChI is InChI=1S/C14H16N4/c1-4-14(2,3)16-9-12-10-17-18-13(12)11-6-5-7-15-8-11/h1,5-8,10,16H,9H2,2-3H3,(H,17,18). The third-order valence-electron chi connectivity index (χ3n) is 2.75. The van der Waals surface area contributed by atoms with E-state index in [1.807, 2.05) is 38.4 Å². The Morgan fingerprint density at radius 1 is 1.44 bits per heavy atom. The zero-order chi connectivity index (χ0) is 13.0. The van der Waals surface area contributed by atoms with Gasteiger partial charge in [0.15, 0.2) is 0 Å². The quantitative estimate of drug-likeness (QED) is 0.803. The van der Waals surface area contributed by atoms with E-state index in [2.05, 4.69) is 26.4 Å². The average molecular weight is 240 g/mol. The van der Waals surface area contributed by atoms with Gasteiger partial charge in [0.25, 0.3) is 0 Å². The first-order valence-corrected chi connectivity index (χ1v) is 5.78. The molecule has 0 spiro atoms. The molecule has 2 N–H and O–H groups in total. The lowest BCUT2D eigenvalue weighted by atomic mass is 10.1. The van der Waals surface area contributed by atoms with E-state index in [-0.39, 0.29) is 5.54 Å². The lowest BCUT2D eigenvalue weighted by molar-refractivity contribution is 0.491. The fraction of sp³-hybridized carbons (Fsp3) is 0.286. The van der Waals surface area contributed by atoms with Gasteiger partial charge in [-0.2, -0.15) is 5.10 Å². The van der Waals surface area contributed by atoms with E-state index in [4.69, 9.17) is 6.42 Å². The van der Waals surface area contributed by atoms with Crippen molar-refractivity contribution in [1.29, 1.82) is 0 Å². The molecule has 0 aliphatic rings. The van der Waals surface area contributed by atoms with Crippen LogP contribution < -0.4 is 5.32 Å². The van der Waals surface area contributed by atoms with E-state index in [0.717, 1.165) is 16.8 Å². The van der Waals surface area contributed by atoms with Crippen LogP contribution in [-0.2, 0) is 6.54 Å². The van der Waals surface area contributed by atoms with E-state index in [0.29, 0.717) is 6.54 Å². The number of rotatable bonds is 4. The van der Waals surface area contributed by atoms with Crippen molar-refractivity contribution >= 4 is 0 Å². The van der Waals surface area contributed by atoms with Crippen LogP contribution >= 0.6 is 0 Å². The van der Waals surface area contributed by atoms with Gasteiger partial charge in [-0.3, -0.25) is 15.4 Å². The molecule has 18 heavy (non-hydrogen) atoms. The van der Waals surface area contributed by atoms with Gasteiger partial charge in [-0.1, -0.05) is 5.92 Å².